The summed E-state index contributed by atoms with van der Waals surface area (Å²) in [4.78, 5) is 19.7. The Morgan fingerprint density at radius 1 is 1.34 bits per heavy atom. The van der Waals surface area contributed by atoms with Crippen LogP contribution in [0.3, 0.4) is 0 Å². The monoisotopic (exact) mass is 415 g/mol. The summed E-state index contributed by atoms with van der Waals surface area (Å²) in [5.41, 5.74) is 13.9. The molecule has 1 aliphatic heterocycles. The van der Waals surface area contributed by atoms with Gasteiger partial charge in [0.1, 0.15) is 22.0 Å². The predicted molar refractivity (Wildman–Crippen MR) is 116 cm³/mol. The van der Waals surface area contributed by atoms with Gasteiger partial charge in [0.05, 0.1) is 29.7 Å². The Balaban J connectivity index is 1.63. The molecule has 0 aliphatic carbocycles. The van der Waals surface area contributed by atoms with Gasteiger partial charge in [-0.25, -0.2) is 0 Å². The third kappa shape index (κ3) is 3.73. The summed E-state index contributed by atoms with van der Waals surface area (Å²) in [6, 6.07) is 2.04. The van der Waals surface area contributed by atoms with E-state index in [1.807, 2.05) is 13.1 Å². The number of anilines is 3. The second-order valence-electron chi connectivity index (χ2n) is 7.20. The maximum atomic E-state index is 13.1. The molecule has 1 amide bonds. The van der Waals surface area contributed by atoms with E-state index >= 15 is 0 Å². The summed E-state index contributed by atoms with van der Waals surface area (Å²) in [5, 5.41) is 7.76. The standard InChI is InChI=1S/C19H25N7O2S/c1-25-19(26-6-3-4-11(20)5-7-26)13(10-23-25)24-18(27)15-16-14(29-17(15)21)8-12(28-2)9-22-16/h8-11H,3-7,20-21H2,1-2H3,(H,24,27)/t11-/m1/s1. The molecule has 1 fully saturated rings. The average Bonchev–Trinajstić information content (AvgIpc) is 3.13. The quantitative estimate of drug-likeness (QED) is 0.596. The van der Waals surface area contributed by atoms with Crippen molar-refractivity contribution in [1.82, 2.24) is 14.8 Å². The maximum Gasteiger partial charge on any atom is 0.261 e. The molecule has 0 unspecified atom stereocenters. The van der Waals surface area contributed by atoms with Crippen molar-refractivity contribution < 1.29 is 9.53 Å². The van der Waals surface area contributed by atoms with Crippen LogP contribution in [-0.2, 0) is 7.05 Å². The molecule has 3 aromatic heterocycles. The minimum Gasteiger partial charge on any atom is -0.495 e. The molecule has 0 aromatic carbocycles. The fourth-order valence-corrected chi connectivity index (χ4v) is 4.68. The van der Waals surface area contributed by atoms with Gasteiger partial charge >= 0.3 is 0 Å². The lowest BCUT2D eigenvalue weighted by atomic mass is 10.1. The number of nitrogen functional groups attached to an aromatic ring is 1. The van der Waals surface area contributed by atoms with Gasteiger partial charge in [0.25, 0.3) is 5.91 Å². The molecular formula is C19H25N7O2S. The van der Waals surface area contributed by atoms with E-state index in [4.69, 9.17) is 16.2 Å². The Labute approximate surface area is 172 Å². The van der Waals surface area contributed by atoms with Gasteiger partial charge in [0.15, 0.2) is 5.82 Å². The number of pyridine rings is 1. The first-order valence-electron chi connectivity index (χ1n) is 9.53. The lowest BCUT2D eigenvalue weighted by Crippen LogP contribution is -2.29. The molecular weight excluding hydrogens is 390 g/mol. The average molecular weight is 416 g/mol. The van der Waals surface area contributed by atoms with Gasteiger partial charge in [-0.15, -0.1) is 11.3 Å². The normalized spacial score (nSPS) is 17.3. The Morgan fingerprint density at radius 2 is 2.17 bits per heavy atom. The van der Waals surface area contributed by atoms with Crippen molar-refractivity contribution in [2.24, 2.45) is 12.8 Å². The minimum atomic E-state index is -0.299. The maximum absolute atomic E-state index is 13.1. The lowest BCUT2D eigenvalue weighted by Gasteiger charge is -2.24. The van der Waals surface area contributed by atoms with Crippen molar-refractivity contribution in [2.45, 2.75) is 25.3 Å². The first kappa shape index (κ1) is 19.5. The Bertz CT molecular complexity index is 1040. The number of amides is 1. The molecule has 3 aromatic rings. The molecule has 0 spiro atoms. The number of aromatic nitrogens is 3. The van der Waals surface area contributed by atoms with E-state index in [2.05, 4.69) is 20.3 Å². The lowest BCUT2D eigenvalue weighted by molar-refractivity contribution is 0.102. The molecule has 0 radical (unpaired) electrons. The van der Waals surface area contributed by atoms with Crippen LogP contribution in [0.5, 0.6) is 5.75 Å². The van der Waals surface area contributed by atoms with Crippen molar-refractivity contribution in [3.63, 3.8) is 0 Å². The van der Waals surface area contributed by atoms with E-state index in [1.165, 1.54) is 11.3 Å². The zero-order chi connectivity index (χ0) is 20.5. The number of rotatable bonds is 4. The van der Waals surface area contributed by atoms with Crippen molar-refractivity contribution in [1.29, 1.82) is 0 Å². The first-order chi connectivity index (χ1) is 14.0. The van der Waals surface area contributed by atoms with Crippen LogP contribution < -0.4 is 26.4 Å². The largest absolute Gasteiger partial charge is 0.495 e. The fourth-order valence-electron chi connectivity index (χ4n) is 3.72. The second-order valence-corrected chi connectivity index (χ2v) is 8.28. The molecule has 4 heterocycles. The van der Waals surface area contributed by atoms with Gasteiger partial charge in [-0.1, -0.05) is 0 Å². The number of hydrogen-bond acceptors (Lipinski definition) is 8. The highest BCUT2D eigenvalue weighted by Gasteiger charge is 2.24. The summed E-state index contributed by atoms with van der Waals surface area (Å²) >= 11 is 1.32. The van der Waals surface area contributed by atoms with Crippen molar-refractivity contribution in [2.75, 3.05) is 36.1 Å². The molecule has 154 valence electrons. The summed E-state index contributed by atoms with van der Waals surface area (Å²) in [6.45, 7) is 1.70. The molecule has 29 heavy (non-hydrogen) atoms. The molecule has 1 saturated heterocycles. The number of nitrogens with one attached hydrogen (secondary N) is 1. The van der Waals surface area contributed by atoms with Gasteiger partial charge in [-0.05, 0) is 19.3 Å². The zero-order valence-electron chi connectivity index (χ0n) is 16.5. The van der Waals surface area contributed by atoms with E-state index in [0.717, 1.165) is 42.9 Å². The number of thiophene rings is 1. The van der Waals surface area contributed by atoms with Crippen LogP contribution in [0, 0.1) is 0 Å². The Morgan fingerprint density at radius 3 is 2.97 bits per heavy atom. The third-order valence-electron chi connectivity index (χ3n) is 5.22. The molecule has 0 bridgehead atoms. The Kier molecular flexibility index (Phi) is 5.29. The number of ether oxygens (including phenoxy) is 1. The van der Waals surface area contributed by atoms with Gasteiger partial charge in [-0.2, -0.15) is 5.10 Å². The first-order valence-corrected chi connectivity index (χ1v) is 10.4. The van der Waals surface area contributed by atoms with Crippen LogP contribution >= 0.6 is 11.3 Å². The minimum absolute atomic E-state index is 0.214. The van der Waals surface area contributed by atoms with Gasteiger partial charge in [-0.3, -0.25) is 14.5 Å². The summed E-state index contributed by atoms with van der Waals surface area (Å²) in [5.74, 6) is 1.20. The van der Waals surface area contributed by atoms with Crippen LogP contribution in [0.2, 0.25) is 0 Å². The van der Waals surface area contributed by atoms with Crippen LogP contribution in [0.15, 0.2) is 18.5 Å². The van der Waals surface area contributed by atoms with Crippen molar-refractivity contribution >= 4 is 44.0 Å². The van der Waals surface area contributed by atoms with Crippen molar-refractivity contribution in [3.05, 3.63) is 24.0 Å². The summed E-state index contributed by atoms with van der Waals surface area (Å²) in [7, 11) is 3.45. The second kappa shape index (κ2) is 7.88. The zero-order valence-corrected chi connectivity index (χ0v) is 17.3. The smallest absolute Gasteiger partial charge is 0.261 e. The Hall–Kier alpha value is -2.85. The van der Waals surface area contributed by atoms with Crippen molar-refractivity contribution in [3.8, 4) is 5.75 Å². The summed E-state index contributed by atoms with van der Waals surface area (Å²) < 4.78 is 7.80. The number of aryl methyl sites for hydroxylation is 1. The molecule has 9 nitrogen and oxygen atoms in total. The molecule has 0 saturated carbocycles. The molecule has 1 aliphatic rings. The number of nitrogens with two attached hydrogens (primary N) is 2. The third-order valence-corrected chi connectivity index (χ3v) is 6.18. The highest BCUT2D eigenvalue weighted by molar-refractivity contribution is 7.23. The predicted octanol–water partition coefficient (Wildman–Crippen LogP) is 2.19. The molecule has 5 N–H and O–H groups in total. The molecule has 1 atom stereocenters. The fraction of sp³-hybridized carbons (Fsp3) is 0.421. The highest BCUT2D eigenvalue weighted by atomic mass is 32.1. The molecule has 4 rings (SSSR count). The molecule has 10 heteroatoms. The van der Waals surface area contributed by atoms with E-state index in [1.54, 1.807) is 24.2 Å². The topological polar surface area (TPSA) is 124 Å². The number of fused-ring (bicyclic) bond motifs is 1. The van der Waals surface area contributed by atoms with E-state index in [0.29, 0.717) is 27.5 Å². The number of methoxy groups -OCH3 is 1. The number of nitrogens with zero attached hydrogens (tertiary/aromatic N) is 4. The highest BCUT2D eigenvalue weighted by Crippen LogP contribution is 2.35. The van der Waals surface area contributed by atoms with E-state index < -0.39 is 0 Å². The van der Waals surface area contributed by atoms with Crippen LogP contribution in [0.4, 0.5) is 16.5 Å². The van der Waals surface area contributed by atoms with E-state index in [9.17, 15) is 4.79 Å². The summed E-state index contributed by atoms with van der Waals surface area (Å²) in [6.07, 6.45) is 6.17. The number of carbonyl (C=O) groups excluding carboxylic acids is 1. The number of carbonyl (C=O) groups is 1. The van der Waals surface area contributed by atoms with Gasteiger partial charge < -0.3 is 26.4 Å². The van der Waals surface area contributed by atoms with Crippen LogP contribution in [0.1, 0.15) is 29.6 Å². The van der Waals surface area contributed by atoms with Crippen LogP contribution in [0.25, 0.3) is 10.2 Å². The van der Waals surface area contributed by atoms with Gasteiger partial charge in [0, 0.05) is 32.2 Å². The van der Waals surface area contributed by atoms with E-state index in [-0.39, 0.29) is 11.9 Å². The number of hydrogen-bond donors (Lipinski definition) is 3. The van der Waals surface area contributed by atoms with Crippen LogP contribution in [-0.4, -0.2) is 46.9 Å². The van der Waals surface area contributed by atoms with Gasteiger partial charge in [0.2, 0.25) is 0 Å². The SMILES string of the molecule is COc1cnc2c(C(=O)Nc3cnn(C)c3N3CCC[C@@H](N)CC3)c(N)sc2c1.